The van der Waals surface area contributed by atoms with Crippen LogP contribution >= 0.6 is 15.9 Å². The van der Waals surface area contributed by atoms with Crippen LogP contribution in [-0.4, -0.2) is 11.1 Å². The van der Waals surface area contributed by atoms with E-state index in [-0.39, 0.29) is 12.0 Å². The molecule has 6 heteroatoms. The normalized spacial score (nSPS) is 21.3. The molecule has 3 rings (SSSR count). The topological polar surface area (TPSA) is 22.1 Å². The van der Waals surface area contributed by atoms with E-state index in [1.165, 1.54) is 12.1 Å². The Bertz CT molecular complexity index is 712. The summed E-state index contributed by atoms with van der Waals surface area (Å²) in [7, 11) is 0. The van der Waals surface area contributed by atoms with Gasteiger partial charge in [-0.1, -0.05) is 18.2 Å². The maximum absolute atomic E-state index is 13.2. The number of hydrogen-bond acceptors (Lipinski definition) is 2. The Kier molecular flexibility index (Phi) is 5.79. The third-order valence-corrected chi connectivity index (χ3v) is 5.39. The predicted molar refractivity (Wildman–Crippen MR) is 93.2 cm³/mol. The van der Waals surface area contributed by atoms with Crippen LogP contribution in [-0.2, 0) is 17.5 Å². The van der Waals surface area contributed by atoms with Crippen molar-refractivity contribution in [3.8, 4) is 0 Å². The smallest absolute Gasteiger partial charge is 0.372 e. The fourth-order valence-corrected chi connectivity index (χ4v) is 3.74. The van der Waals surface area contributed by atoms with Crippen LogP contribution < -0.4 is 0 Å². The minimum atomic E-state index is -4.30. The largest absolute Gasteiger partial charge is 0.416 e. The molecule has 1 aliphatic carbocycles. The second-order valence-electron chi connectivity index (χ2n) is 6.30. The van der Waals surface area contributed by atoms with Gasteiger partial charge in [-0.15, -0.1) is 0 Å². The summed E-state index contributed by atoms with van der Waals surface area (Å²) in [5, 5.41) is 0. The molecule has 0 N–H and O–H groups in total. The van der Waals surface area contributed by atoms with Gasteiger partial charge in [0.1, 0.15) is 0 Å². The van der Waals surface area contributed by atoms with Crippen LogP contribution in [0.3, 0.4) is 0 Å². The van der Waals surface area contributed by atoms with Gasteiger partial charge in [-0.05, 0) is 71.3 Å². The second kappa shape index (κ2) is 7.87. The van der Waals surface area contributed by atoms with Crippen molar-refractivity contribution >= 4 is 15.9 Å². The maximum atomic E-state index is 13.2. The van der Waals surface area contributed by atoms with Crippen LogP contribution in [0, 0.1) is 0 Å². The number of benzene rings is 1. The maximum Gasteiger partial charge on any atom is 0.416 e. The van der Waals surface area contributed by atoms with Crippen molar-refractivity contribution in [3.63, 3.8) is 0 Å². The summed E-state index contributed by atoms with van der Waals surface area (Å²) in [5.41, 5.74) is 0.754. The lowest BCUT2D eigenvalue weighted by Crippen LogP contribution is -2.22. The van der Waals surface area contributed by atoms with E-state index in [0.717, 1.165) is 23.0 Å². The molecular weight excluding hydrogens is 395 g/mol. The number of rotatable bonds is 4. The molecule has 0 radical (unpaired) electrons. The predicted octanol–water partition coefficient (Wildman–Crippen LogP) is 6.11. The lowest BCUT2D eigenvalue weighted by Gasteiger charge is -2.30. The summed E-state index contributed by atoms with van der Waals surface area (Å²) in [4.78, 5) is 4.27. The summed E-state index contributed by atoms with van der Waals surface area (Å²) >= 11 is 3.44. The molecule has 1 aromatic heterocycles. The van der Waals surface area contributed by atoms with Gasteiger partial charge in [-0.3, -0.25) is 4.98 Å². The minimum absolute atomic E-state index is 0.0562. The van der Waals surface area contributed by atoms with Crippen LogP contribution in [0.4, 0.5) is 13.2 Å². The zero-order valence-electron chi connectivity index (χ0n) is 13.6. The molecule has 0 bridgehead atoms. The molecule has 0 spiro atoms. The summed E-state index contributed by atoms with van der Waals surface area (Å²) in [5.74, 6) is -0.0562. The Morgan fingerprint density at radius 3 is 2.44 bits per heavy atom. The van der Waals surface area contributed by atoms with E-state index < -0.39 is 11.7 Å². The van der Waals surface area contributed by atoms with E-state index >= 15 is 0 Å². The summed E-state index contributed by atoms with van der Waals surface area (Å²) in [6.45, 7) is 0.413. The number of alkyl halides is 3. The van der Waals surface area contributed by atoms with Crippen molar-refractivity contribution in [2.24, 2.45) is 0 Å². The standard InChI is InChI=1S/C19H19BrF3NO/c20-17-6-3-11-24-18(17)12-25-14-9-7-13(8-10-14)15-4-1-2-5-16(15)19(21,22)23/h1-6,11,13-14H,7-10,12H2/t13-,14+. The van der Waals surface area contributed by atoms with E-state index in [9.17, 15) is 13.2 Å². The third-order valence-electron chi connectivity index (χ3n) is 4.67. The first-order chi connectivity index (χ1) is 11.9. The van der Waals surface area contributed by atoms with Gasteiger partial charge in [0.05, 0.1) is 24.0 Å². The van der Waals surface area contributed by atoms with Gasteiger partial charge in [-0.2, -0.15) is 13.2 Å². The summed E-state index contributed by atoms with van der Waals surface area (Å²) in [6, 6.07) is 9.68. The van der Waals surface area contributed by atoms with Gasteiger partial charge in [0, 0.05) is 10.7 Å². The summed E-state index contributed by atoms with van der Waals surface area (Å²) < 4.78 is 46.4. The fourth-order valence-electron chi connectivity index (χ4n) is 3.37. The molecule has 134 valence electrons. The third kappa shape index (κ3) is 4.61. The van der Waals surface area contributed by atoms with Crippen LogP contribution in [0.15, 0.2) is 47.1 Å². The van der Waals surface area contributed by atoms with Crippen LogP contribution in [0.5, 0.6) is 0 Å². The highest BCUT2D eigenvalue weighted by atomic mass is 79.9. The van der Waals surface area contributed by atoms with Gasteiger partial charge in [-0.25, -0.2) is 0 Å². The second-order valence-corrected chi connectivity index (χ2v) is 7.16. The van der Waals surface area contributed by atoms with Crippen molar-refractivity contribution in [1.82, 2.24) is 4.98 Å². The lowest BCUT2D eigenvalue weighted by atomic mass is 9.81. The molecule has 0 atom stereocenters. The first-order valence-corrected chi connectivity index (χ1v) is 9.11. The van der Waals surface area contributed by atoms with Crippen LogP contribution in [0.1, 0.15) is 48.4 Å². The zero-order chi connectivity index (χ0) is 17.9. The molecule has 0 aliphatic heterocycles. The number of ether oxygens (including phenoxy) is 1. The molecule has 0 amide bonds. The first kappa shape index (κ1) is 18.4. The Hall–Kier alpha value is -1.40. The molecule has 25 heavy (non-hydrogen) atoms. The SMILES string of the molecule is FC(F)(F)c1ccccc1[C@H]1CC[C@@H](OCc2ncccc2Br)CC1. The van der Waals surface area contributed by atoms with Gasteiger partial charge < -0.3 is 4.74 Å². The van der Waals surface area contributed by atoms with E-state index in [1.54, 1.807) is 18.3 Å². The van der Waals surface area contributed by atoms with Gasteiger partial charge in [0.25, 0.3) is 0 Å². The van der Waals surface area contributed by atoms with E-state index in [2.05, 4.69) is 20.9 Å². The number of aromatic nitrogens is 1. The Labute approximate surface area is 153 Å². The first-order valence-electron chi connectivity index (χ1n) is 8.32. The highest BCUT2D eigenvalue weighted by Crippen LogP contribution is 2.41. The minimum Gasteiger partial charge on any atom is -0.372 e. The van der Waals surface area contributed by atoms with Crippen molar-refractivity contribution in [1.29, 1.82) is 0 Å². The molecule has 1 fully saturated rings. The molecule has 2 aromatic rings. The quantitative estimate of drug-likeness (QED) is 0.603. The van der Waals surface area contributed by atoms with Gasteiger partial charge >= 0.3 is 6.18 Å². The van der Waals surface area contributed by atoms with Crippen molar-refractivity contribution < 1.29 is 17.9 Å². The lowest BCUT2D eigenvalue weighted by molar-refractivity contribution is -0.138. The number of nitrogens with zero attached hydrogens (tertiary/aromatic N) is 1. The molecule has 0 unspecified atom stereocenters. The zero-order valence-corrected chi connectivity index (χ0v) is 15.2. The Morgan fingerprint density at radius 1 is 1.04 bits per heavy atom. The van der Waals surface area contributed by atoms with Crippen LogP contribution in [0.25, 0.3) is 0 Å². The highest BCUT2D eigenvalue weighted by molar-refractivity contribution is 9.10. The Morgan fingerprint density at radius 2 is 1.76 bits per heavy atom. The molecule has 1 aliphatic rings. The average molecular weight is 414 g/mol. The van der Waals surface area contributed by atoms with E-state index in [0.29, 0.717) is 25.0 Å². The molecule has 1 saturated carbocycles. The van der Waals surface area contributed by atoms with Gasteiger partial charge in [0.15, 0.2) is 0 Å². The molecule has 1 heterocycles. The average Bonchev–Trinajstić information content (AvgIpc) is 2.61. The van der Waals surface area contributed by atoms with Gasteiger partial charge in [0.2, 0.25) is 0 Å². The fraction of sp³-hybridized carbons (Fsp3) is 0.421. The number of halogens is 4. The number of pyridine rings is 1. The van der Waals surface area contributed by atoms with Crippen molar-refractivity contribution in [2.75, 3.05) is 0 Å². The molecule has 2 nitrogen and oxygen atoms in total. The van der Waals surface area contributed by atoms with E-state index in [4.69, 9.17) is 4.74 Å². The van der Waals surface area contributed by atoms with E-state index in [1.807, 2.05) is 12.1 Å². The highest BCUT2D eigenvalue weighted by Gasteiger charge is 2.35. The molecular formula is C19H19BrF3NO. The van der Waals surface area contributed by atoms with Crippen molar-refractivity contribution in [3.05, 3.63) is 63.9 Å². The molecule has 1 aromatic carbocycles. The summed E-state index contributed by atoms with van der Waals surface area (Å²) in [6.07, 6.45) is 0.442. The number of hydrogen-bond donors (Lipinski definition) is 0. The van der Waals surface area contributed by atoms with Crippen molar-refractivity contribution in [2.45, 2.75) is 50.5 Å². The monoisotopic (exact) mass is 413 g/mol. The Balaban J connectivity index is 1.59. The van der Waals surface area contributed by atoms with Crippen LogP contribution in [0.2, 0.25) is 0 Å². The molecule has 0 saturated heterocycles.